The highest BCUT2D eigenvalue weighted by atomic mass is 32.1. The Bertz CT molecular complexity index is 1730. The second-order valence-electron chi connectivity index (χ2n) is 8.61. The Balaban J connectivity index is 1.31. The smallest absolute Gasteiger partial charge is 0.349 e. The van der Waals surface area contributed by atoms with E-state index >= 15 is 0 Å². The second-order valence-corrected chi connectivity index (χ2v) is 9.61. The first kappa shape index (κ1) is 22.8. The Morgan fingerprint density at radius 2 is 1.54 bits per heavy atom. The molecule has 0 bridgehead atoms. The summed E-state index contributed by atoms with van der Waals surface area (Å²) in [6.45, 7) is 2.01. The molecule has 0 saturated heterocycles. The number of aromatic nitrogens is 2. The number of benzene rings is 3. The molecule has 0 amide bonds. The fraction of sp³-hybridized carbons (Fsp3) is 0.0690. The monoisotopic (exact) mass is 505 g/mol. The van der Waals surface area contributed by atoms with Crippen molar-refractivity contribution < 1.29 is 19.1 Å². The fourth-order valence-electron chi connectivity index (χ4n) is 4.46. The molecule has 37 heavy (non-hydrogen) atoms. The average molecular weight is 506 g/mol. The van der Waals surface area contributed by atoms with Crippen LogP contribution in [0.2, 0.25) is 0 Å². The van der Waals surface area contributed by atoms with Gasteiger partial charge in [-0.1, -0.05) is 54.6 Å². The van der Waals surface area contributed by atoms with Crippen molar-refractivity contribution in [2.24, 2.45) is 0 Å². The van der Waals surface area contributed by atoms with E-state index < -0.39 is 5.97 Å². The maximum Gasteiger partial charge on any atom is 0.349 e. The number of carbonyl (C=O) groups excluding carboxylic acids is 3. The summed E-state index contributed by atoms with van der Waals surface area (Å²) in [6.07, 6.45) is 1.42. The molecule has 0 spiro atoms. The molecule has 0 aliphatic heterocycles. The molecule has 1 N–H and O–H groups in total. The second kappa shape index (κ2) is 9.07. The highest BCUT2D eigenvalue weighted by molar-refractivity contribution is 7.20. The minimum absolute atomic E-state index is 0.173. The molecular weight excluding hydrogens is 486 g/mol. The number of nitrogens with one attached hydrogen (secondary N) is 1. The van der Waals surface area contributed by atoms with Crippen LogP contribution in [0.4, 0.5) is 11.5 Å². The molecule has 0 unspecified atom stereocenters. The molecule has 1 aliphatic carbocycles. The molecule has 1 aliphatic rings. The average Bonchev–Trinajstić information content (AvgIpc) is 3.28. The topological polar surface area (TPSA) is 98.2 Å². The zero-order valence-electron chi connectivity index (χ0n) is 19.6. The van der Waals surface area contributed by atoms with Crippen molar-refractivity contribution in [3.05, 3.63) is 117 Å². The normalized spacial score (nSPS) is 12.2. The lowest BCUT2D eigenvalue weighted by molar-refractivity contribution is 0.0477. The molecule has 0 saturated carbocycles. The first-order valence-electron chi connectivity index (χ1n) is 11.6. The van der Waals surface area contributed by atoms with E-state index in [4.69, 9.17) is 4.74 Å². The number of nitrogens with zero attached hydrogens (tertiary/aromatic N) is 2. The van der Waals surface area contributed by atoms with Crippen molar-refractivity contribution in [1.29, 1.82) is 0 Å². The predicted molar refractivity (Wildman–Crippen MR) is 141 cm³/mol. The van der Waals surface area contributed by atoms with Gasteiger partial charge in [0.1, 0.15) is 28.5 Å². The highest BCUT2D eigenvalue weighted by Gasteiger charge is 2.29. The van der Waals surface area contributed by atoms with Crippen LogP contribution in [0.1, 0.15) is 52.6 Å². The summed E-state index contributed by atoms with van der Waals surface area (Å²) in [7, 11) is 0. The molecule has 5 aromatic rings. The number of hydrogen-bond acceptors (Lipinski definition) is 8. The van der Waals surface area contributed by atoms with Crippen molar-refractivity contribution in [2.45, 2.75) is 13.5 Å². The van der Waals surface area contributed by atoms with Gasteiger partial charge >= 0.3 is 5.97 Å². The molecular formula is C29H19N3O4S. The molecule has 180 valence electrons. The number of hydrogen-bond donors (Lipinski definition) is 1. The van der Waals surface area contributed by atoms with E-state index in [0.29, 0.717) is 54.4 Å². The molecule has 2 aromatic heterocycles. The third-order valence-electron chi connectivity index (χ3n) is 6.31. The van der Waals surface area contributed by atoms with Crippen molar-refractivity contribution in [2.75, 3.05) is 5.32 Å². The number of ketones is 2. The van der Waals surface area contributed by atoms with E-state index in [9.17, 15) is 14.4 Å². The number of carbonyl (C=O) groups is 3. The van der Waals surface area contributed by atoms with E-state index in [-0.39, 0.29) is 18.2 Å². The summed E-state index contributed by atoms with van der Waals surface area (Å²) in [4.78, 5) is 48.7. The Hall–Kier alpha value is -4.69. The van der Waals surface area contributed by atoms with Gasteiger partial charge in [0.25, 0.3) is 0 Å². The van der Waals surface area contributed by atoms with Crippen LogP contribution in [0.5, 0.6) is 0 Å². The Morgan fingerprint density at radius 3 is 2.30 bits per heavy atom. The quantitative estimate of drug-likeness (QED) is 0.292. The van der Waals surface area contributed by atoms with Crippen LogP contribution < -0.4 is 5.32 Å². The molecule has 0 fully saturated rings. The number of aryl methyl sites for hydroxylation is 1. The lowest BCUT2D eigenvalue weighted by atomic mass is 9.84. The Labute approximate surface area is 215 Å². The SMILES string of the molecule is Cc1c(C(=O)OCc2ccccc2)sc2ncnc(Nc3ccc4c(c3)C(=O)c3ccccc3C4=O)c12. The van der Waals surface area contributed by atoms with E-state index in [0.717, 1.165) is 5.56 Å². The lowest BCUT2D eigenvalue weighted by Gasteiger charge is -2.18. The third kappa shape index (κ3) is 3.97. The zero-order valence-corrected chi connectivity index (χ0v) is 20.5. The van der Waals surface area contributed by atoms with Crippen LogP contribution in [0.15, 0.2) is 79.1 Å². The van der Waals surface area contributed by atoms with Crippen molar-refractivity contribution in [3.8, 4) is 0 Å². The number of fused-ring (bicyclic) bond motifs is 3. The summed E-state index contributed by atoms with van der Waals surface area (Å²) in [5.41, 5.74) is 3.73. The number of anilines is 2. The van der Waals surface area contributed by atoms with Gasteiger partial charge in [0, 0.05) is 27.9 Å². The standard InChI is InChI=1S/C29H19N3O4S/c1-16-23-27(30-15-31-28(23)37-26(16)29(35)36-14-17-7-3-2-4-8-17)32-18-11-12-21-22(13-18)25(34)20-10-6-5-9-19(20)24(21)33/h2-13,15H,14H2,1H3,(H,30,31,32). The van der Waals surface area contributed by atoms with E-state index in [1.165, 1.54) is 17.7 Å². The number of thiophene rings is 1. The lowest BCUT2D eigenvalue weighted by Crippen LogP contribution is -2.20. The first-order valence-corrected chi connectivity index (χ1v) is 12.4. The minimum atomic E-state index is -0.424. The maximum absolute atomic E-state index is 13.1. The van der Waals surface area contributed by atoms with Crippen molar-refractivity contribution >= 4 is 50.6 Å². The van der Waals surface area contributed by atoms with Gasteiger partial charge in [-0.15, -0.1) is 11.3 Å². The van der Waals surface area contributed by atoms with E-state index in [1.807, 2.05) is 37.3 Å². The fourth-order valence-corrected chi connectivity index (χ4v) is 5.51. The largest absolute Gasteiger partial charge is 0.457 e. The number of esters is 1. The summed E-state index contributed by atoms with van der Waals surface area (Å²) in [6, 6.07) is 21.4. The van der Waals surface area contributed by atoms with Crippen LogP contribution in [-0.2, 0) is 11.3 Å². The van der Waals surface area contributed by atoms with Crippen LogP contribution in [-0.4, -0.2) is 27.5 Å². The maximum atomic E-state index is 13.1. The van der Waals surface area contributed by atoms with Crippen LogP contribution in [0.25, 0.3) is 10.2 Å². The van der Waals surface area contributed by atoms with E-state index in [1.54, 1.807) is 42.5 Å². The number of rotatable bonds is 5. The summed E-state index contributed by atoms with van der Waals surface area (Å²) < 4.78 is 5.53. The van der Waals surface area contributed by atoms with Crippen molar-refractivity contribution in [1.82, 2.24) is 9.97 Å². The van der Waals surface area contributed by atoms with Gasteiger partial charge in [-0.05, 0) is 36.2 Å². The Kier molecular flexibility index (Phi) is 5.58. The van der Waals surface area contributed by atoms with Crippen LogP contribution >= 0.6 is 11.3 Å². The molecule has 0 atom stereocenters. The zero-order chi connectivity index (χ0) is 25.5. The van der Waals surface area contributed by atoms with Gasteiger partial charge in [-0.2, -0.15) is 0 Å². The van der Waals surface area contributed by atoms with Gasteiger partial charge in [0.15, 0.2) is 11.6 Å². The van der Waals surface area contributed by atoms with Gasteiger partial charge in [-0.3, -0.25) is 9.59 Å². The summed E-state index contributed by atoms with van der Waals surface area (Å²) in [5.74, 6) is -0.298. The molecule has 6 rings (SSSR count). The van der Waals surface area contributed by atoms with Crippen LogP contribution in [0, 0.1) is 6.92 Å². The molecule has 8 heteroatoms. The van der Waals surface area contributed by atoms with Crippen LogP contribution in [0.3, 0.4) is 0 Å². The predicted octanol–water partition coefficient (Wildman–Crippen LogP) is 5.88. The molecule has 0 radical (unpaired) electrons. The van der Waals surface area contributed by atoms with Gasteiger partial charge < -0.3 is 10.1 Å². The van der Waals surface area contributed by atoms with Gasteiger partial charge in [0.2, 0.25) is 0 Å². The van der Waals surface area contributed by atoms with Gasteiger partial charge in [-0.25, -0.2) is 14.8 Å². The number of ether oxygens (including phenoxy) is 1. The first-order chi connectivity index (χ1) is 18.0. The van der Waals surface area contributed by atoms with Gasteiger partial charge in [0.05, 0.1) is 5.39 Å². The molecule has 2 heterocycles. The summed E-state index contributed by atoms with van der Waals surface area (Å²) >= 11 is 1.24. The minimum Gasteiger partial charge on any atom is -0.457 e. The highest BCUT2D eigenvalue weighted by Crippen LogP contribution is 2.36. The summed E-state index contributed by atoms with van der Waals surface area (Å²) in [5, 5.41) is 3.95. The van der Waals surface area contributed by atoms with Crippen molar-refractivity contribution in [3.63, 3.8) is 0 Å². The molecule has 7 nitrogen and oxygen atoms in total. The third-order valence-corrected chi connectivity index (χ3v) is 7.49. The van der Waals surface area contributed by atoms with E-state index in [2.05, 4.69) is 15.3 Å². The molecule has 3 aromatic carbocycles. The Morgan fingerprint density at radius 1 is 0.865 bits per heavy atom.